The fraction of sp³-hybridized carbons (Fsp3) is 0.900. The summed E-state index contributed by atoms with van der Waals surface area (Å²) in [5, 5.41) is 1.90. The van der Waals surface area contributed by atoms with E-state index in [9.17, 15) is 4.79 Å². The van der Waals surface area contributed by atoms with Crippen molar-refractivity contribution >= 4 is 28.6 Å². The predicted molar refractivity (Wildman–Crippen MR) is 61.9 cm³/mol. The van der Waals surface area contributed by atoms with E-state index in [0.717, 1.165) is 12.8 Å². The van der Waals surface area contributed by atoms with Crippen LogP contribution in [0.1, 0.15) is 46.0 Å². The first-order valence-electron chi connectivity index (χ1n) is 5.18. The van der Waals surface area contributed by atoms with Crippen LogP contribution < -0.4 is 5.32 Å². The van der Waals surface area contributed by atoms with Gasteiger partial charge in [-0.15, -0.1) is 0 Å². The normalized spacial score (nSPS) is 14.9. The van der Waals surface area contributed by atoms with Gasteiger partial charge in [0.05, 0.1) is 0 Å². The van der Waals surface area contributed by atoms with Gasteiger partial charge in [-0.05, 0) is 23.9 Å². The molecule has 0 heterocycles. The van der Waals surface area contributed by atoms with Gasteiger partial charge in [-0.1, -0.05) is 51.1 Å². The molecule has 2 unspecified atom stereocenters. The first-order valence-corrected chi connectivity index (χ1v) is 5.99. The highest BCUT2D eigenvalue weighted by molar-refractivity contribution is 6.63. The van der Waals surface area contributed by atoms with Crippen molar-refractivity contribution < 1.29 is 4.79 Å². The zero-order valence-electron chi connectivity index (χ0n) is 8.85. The Bertz CT molecular complexity index is 164. The highest BCUT2D eigenvalue weighted by Crippen LogP contribution is 2.16. The lowest BCUT2D eigenvalue weighted by Crippen LogP contribution is -2.31. The van der Waals surface area contributed by atoms with Crippen LogP contribution in [0.2, 0.25) is 0 Å². The molecule has 14 heavy (non-hydrogen) atoms. The Hall–Kier alpha value is 0.0500. The fourth-order valence-electron chi connectivity index (χ4n) is 1.29. The van der Waals surface area contributed by atoms with Gasteiger partial charge in [0.15, 0.2) is 0 Å². The van der Waals surface area contributed by atoms with Crippen LogP contribution >= 0.6 is 23.2 Å². The maximum atomic E-state index is 10.5. The summed E-state index contributed by atoms with van der Waals surface area (Å²) in [4.78, 5) is 10.5. The van der Waals surface area contributed by atoms with Crippen LogP contribution in [0.3, 0.4) is 0 Å². The second kappa shape index (κ2) is 8.37. The van der Waals surface area contributed by atoms with Crippen molar-refractivity contribution in [2.75, 3.05) is 0 Å². The predicted octanol–water partition coefficient (Wildman–Crippen LogP) is 4.11. The standard InChI is InChI=1S/C10H19Cl2NO/c1-3-4-5-6-7-8(2)9(11)13-10(12)14/h8-9H,3-7H2,1-2H3,(H,13,14). The highest BCUT2D eigenvalue weighted by Gasteiger charge is 2.14. The van der Waals surface area contributed by atoms with E-state index in [1.807, 2.05) is 6.92 Å². The number of halogens is 2. The average molecular weight is 240 g/mol. The quantitative estimate of drug-likeness (QED) is 0.308. The summed E-state index contributed by atoms with van der Waals surface area (Å²) in [6.07, 6.45) is 5.93. The van der Waals surface area contributed by atoms with Crippen molar-refractivity contribution in [3.8, 4) is 0 Å². The lowest BCUT2D eigenvalue weighted by Gasteiger charge is -2.17. The number of carbonyl (C=O) groups excluding carboxylic acids is 1. The second-order valence-electron chi connectivity index (χ2n) is 3.65. The van der Waals surface area contributed by atoms with E-state index in [0.29, 0.717) is 0 Å². The molecule has 0 aromatic rings. The molecule has 1 amide bonds. The second-order valence-corrected chi connectivity index (χ2v) is 4.46. The molecule has 0 aromatic carbocycles. The smallest absolute Gasteiger partial charge is 0.314 e. The van der Waals surface area contributed by atoms with Gasteiger partial charge < -0.3 is 5.32 Å². The molecule has 1 N–H and O–H groups in total. The number of alkyl halides is 1. The van der Waals surface area contributed by atoms with Crippen LogP contribution in [0.5, 0.6) is 0 Å². The lowest BCUT2D eigenvalue weighted by molar-refractivity contribution is 0.256. The molecule has 0 fully saturated rings. The first-order chi connectivity index (χ1) is 6.57. The molecule has 0 spiro atoms. The Morgan fingerprint density at radius 3 is 2.50 bits per heavy atom. The summed E-state index contributed by atoms with van der Waals surface area (Å²) < 4.78 is 0. The molecule has 0 aliphatic rings. The Morgan fingerprint density at radius 2 is 2.00 bits per heavy atom. The maximum Gasteiger partial charge on any atom is 0.314 e. The molecule has 0 radical (unpaired) electrons. The summed E-state index contributed by atoms with van der Waals surface area (Å²) in [6.45, 7) is 4.21. The van der Waals surface area contributed by atoms with Crippen LogP contribution in [0.4, 0.5) is 4.79 Å². The van der Waals surface area contributed by atoms with E-state index in [-0.39, 0.29) is 11.4 Å². The van der Waals surface area contributed by atoms with Crippen molar-refractivity contribution in [1.82, 2.24) is 5.32 Å². The number of unbranched alkanes of at least 4 members (excludes halogenated alkanes) is 3. The fourth-order valence-corrected chi connectivity index (χ4v) is 1.69. The number of carbonyl (C=O) groups is 1. The van der Waals surface area contributed by atoms with E-state index in [1.165, 1.54) is 19.3 Å². The monoisotopic (exact) mass is 239 g/mol. The van der Waals surface area contributed by atoms with E-state index in [4.69, 9.17) is 23.2 Å². The minimum Gasteiger partial charge on any atom is -0.326 e. The number of hydrogen-bond acceptors (Lipinski definition) is 1. The molecule has 2 nitrogen and oxygen atoms in total. The molecule has 0 saturated heterocycles. The largest absolute Gasteiger partial charge is 0.326 e. The van der Waals surface area contributed by atoms with Gasteiger partial charge in [0.25, 0.3) is 0 Å². The molecule has 4 heteroatoms. The summed E-state index contributed by atoms with van der Waals surface area (Å²) in [6, 6.07) is 0. The van der Waals surface area contributed by atoms with Crippen LogP contribution in [0.15, 0.2) is 0 Å². The zero-order valence-corrected chi connectivity index (χ0v) is 10.4. The number of rotatable bonds is 7. The minimum absolute atomic E-state index is 0.274. The van der Waals surface area contributed by atoms with E-state index < -0.39 is 5.37 Å². The number of nitrogens with one attached hydrogen (secondary N) is 1. The van der Waals surface area contributed by atoms with E-state index >= 15 is 0 Å². The third-order valence-electron chi connectivity index (χ3n) is 2.26. The molecule has 0 rings (SSSR count). The Balaban J connectivity index is 3.51. The molecule has 0 aromatic heterocycles. The summed E-state index contributed by atoms with van der Waals surface area (Å²) >= 11 is 11.1. The molecule has 0 aliphatic heterocycles. The van der Waals surface area contributed by atoms with Crippen molar-refractivity contribution in [1.29, 1.82) is 0 Å². The highest BCUT2D eigenvalue weighted by atomic mass is 35.5. The number of amides is 1. The van der Waals surface area contributed by atoms with Gasteiger partial charge in [-0.3, -0.25) is 4.79 Å². The Labute approximate surface area is 96.3 Å². The minimum atomic E-state index is -0.578. The Kier molecular flexibility index (Phi) is 8.40. The Morgan fingerprint density at radius 1 is 1.36 bits per heavy atom. The van der Waals surface area contributed by atoms with Crippen molar-refractivity contribution in [2.24, 2.45) is 5.92 Å². The summed E-state index contributed by atoms with van der Waals surface area (Å²) in [7, 11) is 0. The van der Waals surface area contributed by atoms with Gasteiger partial charge in [-0.2, -0.15) is 0 Å². The van der Waals surface area contributed by atoms with Crippen LogP contribution in [0.25, 0.3) is 0 Å². The molecule has 0 saturated carbocycles. The summed E-state index contributed by atoms with van der Waals surface area (Å²) in [5.74, 6) is 0.274. The topological polar surface area (TPSA) is 29.1 Å². The average Bonchev–Trinajstić information content (AvgIpc) is 2.11. The summed E-state index contributed by atoms with van der Waals surface area (Å²) in [5.41, 5.74) is -0.346. The SMILES string of the molecule is CCCCCCC(C)C(Cl)NC(=O)Cl. The number of hydrogen-bond donors (Lipinski definition) is 1. The first kappa shape index (κ1) is 14.1. The van der Waals surface area contributed by atoms with Crippen LogP contribution in [0, 0.1) is 5.92 Å². The van der Waals surface area contributed by atoms with Crippen molar-refractivity contribution in [2.45, 2.75) is 51.5 Å². The van der Waals surface area contributed by atoms with Crippen molar-refractivity contribution in [3.05, 3.63) is 0 Å². The van der Waals surface area contributed by atoms with Gasteiger partial charge >= 0.3 is 5.37 Å². The molecular weight excluding hydrogens is 221 g/mol. The van der Waals surface area contributed by atoms with Crippen LogP contribution in [-0.4, -0.2) is 10.9 Å². The van der Waals surface area contributed by atoms with Gasteiger partial charge in [-0.25, -0.2) is 0 Å². The van der Waals surface area contributed by atoms with Gasteiger partial charge in [0, 0.05) is 0 Å². The van der Waals surface area contributed by atoms with Gasteiger partial charge in [0.1, 0.15) is 5.50 Å². The van der Waals surface area contributed by atoms with Gasteiger partial charge in [0.2, 0.25) is 0 Å². The third kappa shape index (κ3) is 7.45. The lowest BCUT2D eigenvalue weighted by atomic mass is 10.0. The van der Waals surface area contributed by atoms with E-state index in [1.54, 1.807) is 0 Å². The molecule has 0 aliphatic carbocycles. The maximum absolute atomic E-state index is 10.5. The van der Waals surface area contributed by atoms with E-state index in [2.05, 4.69) is 12.2 Å². The molecule has 0 bridgehead atoms. The van der Waals surface area contributed by atoms with Crippen LogP contribution in [-0.2, 0) is 0 Å². The molecule has 2 atom stereocenters. The molecule has 84 valence electrons. The zero-order chi connectivity index (χ0) is 11.0. The molecular formula is C10H19Cl2NO. The van der Waals surface area contributed by atoms with Crippen molar-refractivity contribution in [3.63, 3.8) is 0 Å². The third-order valence-corrected chi connectivity index (χ3v) is 2.91.